The molecule has 0 radical (unpaired) electrons. The lowest BCUT2D eigenvalue weighted by Gasteiger charge is -2.20. The fourth-order valence-corrected chi connectivity index (χ4v) is 2.71. The molecule has 0 fully saturated rings. The zero-order valence-corrected chi connectivity index (χ0v) is 16.5. The monoisotopic (exact) mass is 388 g/mol. The van der Waals surface area contributed by atoms with E-state index in [1.54, 1.807) is 38.3 Å². The highest BCUT2D eigenvalue weighted by molar-refractivity contribution is 6.32. The molecule has 7 heteroatoms. The third-order valence-corrected chi connectivity index (χ3v) is 4.38. The van der Waals surface area contributed by atoms with E-state index in [4.69, 9.17) is 31.1 Å². The van der Waals surface area contributed by atoms with Crippen LogP contribution in [0.2, 0.25) is 5.02 Å². The Morgan fingerprint density at radius 2 is 1.81 bits per heavy atom. The fraction of sp³-hybridized carbons (Fsp3) is 0.300. The van der Waals surface area contributed by atoms with Crippen LogP contribution in [0.3, 0.4) is 0 Å². The molecule has 0 unspecified atom stereocenters. The molecule has 0 aliphatic heterocycles. The van der Waals surface area contributed by atoms with Gasteiger partial charge >= 0.3 is 0 Å². The molecular weight excluding hydrogens is 368 g/mol. The lowest BCUT2D eigenvalue weighted by atomic mass is 10.1. The first kappa shape index (κ1) is 20.4. The van der Waals surface area contributed by atoms with Crippen molar-refractivity contribution in [3.63, 3.8) is 0 Å². The number of carbonyl (C=O) groups is 1. The minimum Gasteiger partial charge on any atom is -0.493 e. The van der Waals surface area contributed by atoms with Crippen LogP contribution in [0, 0.1) is 18.3 Å². The van der Waals surface area contributed by atoms with Crippen molar-refractivity contribution < 1.29 is 19.0 Å². The molecule has 2 aromatic carbocycles. The summed E-state index contributed by atoms with van der Waals surface area (Å²) in [6.45, 7) is 2.19. The minimum absolute atomic E-state index is 0.158. The van der Waals surface area contributed by atoms with Crippen molar-refractivity contribution in [3.8, 4) is 23.3 Å². The Labute approximate surface area is 163 Å². The van der Waals surface area contributed by atoms with Gasteiger partial charge in [0, 0.05) is 13.6 Å². The van der Waals surface area contributed by atoms with Crippen molar-refractivity contribution in [3.05, 3.63) is 52.0 Å². The summed E-state index contributed by atoms with van der Waals surface area (Å²) in [5.74, 6) is 1.41. The zero-order valence-electron chi connectivity index (χ0n) is 15.7. The van der Waals surface area contributed by atoms with Crippen LogP contribution in [-0.4, -0.2) is 38.7 Å². The Kier molecular flexibility index (Phi) is 6.91. The number of rotatable bonds is 7. The summed E-state index contributed by atoms with van der Waals surface area (Å²) >= 11 is 6.06. The average Bonchev–Trinajstić information content (AvgIpc) is 2.67. The van der Waals surface area contributed by atoms with Gasteiger partial charge in [-0.25, -0.2) is 0 Å². The van der Waals surface area contributed by atoms with E-state index in [2.05, 4.69) is 0 Å². The van der Waals surface area contributed by atoms with Crippen LogP contribution in [0.15, 0.2) is 30.3 Å². The third-order valence-electron chi connectivity index (χ3n) is 4.09. The van der Waals surface area contributed by atoms with Gasteiger partial charge in [-0.05, 0) is 48.4 Å². The second-order valence-corrected chi connectivity index (χ2v) is 6.34. The van der Waals surface area contributed by atoms with Crippen LogP contribution in [0.25, 0.3) is 0 Å². The Morgan fingerprint density at radius 1 is 1.15 bits per heavy atom. The number of carbonyl (C=O) groups excluding carboxylic acids is 1. The van der Waals surface area contributed by atoms with E-state index in [0.29, 0.717) is 34.4 Å². The van der Waals surface area contributed by atoms with Crippen molar-refractivity contribution in [2.45, 2.75) is 13.5 Å². The molecule has 0 bridgehead atoms. The van der Waals surface area contributed by atoms with Gasteiger partial charge < -0.3 is 19.1 Å². The van der Waals surface area contributed by atoms with Gasteiger partial charge in [0.1, 0.15) is 5.75 Å². The van der Waals surface area contributed by atoms with Gasteiger partial charge in [-0.2, -0.15) is 5.26 Å². The first-order valence-electron chi connectivity index (χ1n) is 8.17. The van der Waals surface area contributed by atoms with Crippen LogP contribution >= 0.6 is 11.6 Å². The van der Waals surface area contributed by atoms with Crippen molar-refractivity contribution >= 4 is 17.5 Å². The highest BCUT2D eigenvalue weighted by atomic mass is 35.5. The number of ether oxygens (including phenoxy) is 3. The standard InChI is InChI=1S/C20H21ClN2O4/c1-13-7-18(25-3)19(26-4)9-15(13)11-23(2)20(24)12-27-17-6-5-14(10-22)8-16(17)21/h5-9H,11-12H2,1-4H3. The van der Waals surface area contributed by atoms with E-state index in [1.165, 1.54) is 6.07 Å². The Balaban J connectivity index is 2.03. The maximum atomic E-state index is 12.4. The first-order chi connectivity index (χ1) is 12.9. The number of amides is 1. The van der Waals surface area contributed by atoms with Crippen molar-refractivity contribution in [1.82, 2.24) is 4.90 Å². The summed E-state index contributed by atoms with van der Waals surface area (Å²) in [4.78, 5) is 14.0. The number of hydrogen-bond acceptors (Lipinski definition) is 5. The van der Waals surface area contributed by atoms with Crippen molar-refractivity contribution in [1.29, 1.82) is 5.26 Å². The Bertz CT molecular complexity index is 877. The summed E-state index contributed by atoms with van der Waals surface area (Å²) in [5, 5.41) is 9.14. The number of likely N-dealkylation sites (N-methyl/N-ethyl adjacent to an activating group) is 1. The molecule has 142 valence electrons. The molecule has 0 heterocycles. The number of methoxy groups -OCH3 is 2. The normalized spacial score (nSPS) is 10.1. The number of nitrogens with zero attached hydrogens (tertiary/aromatic N) is 2. The lowest BCUT2D eigenvalue weighted by molar-refractivity contribution is -0.132. The molecule has 27 heavy (non-hydrogen) atoms. The maximum Gasteiger partial charge on any atom is 0.260 e. The second-order valence-electron chi connectivity index (χ2n) is 5.93. The predicted molar refractivity (Wildman–Crippen MR) is 102 cm³/mol. The Morgan fingerprint density at radius 3 is 2.41 bits per heavy atom. The highest BCUT2D eigenvalue weighted by Crippen LogP contribution is 2.31. The van der Waals surface area contributed by atoms with E-state index < -0.39 is 0 Å². The molecule has 0 spiro atoms. The number of hydrogen-bond donors (Lipinski definition) is 0. The molecular formula is C20H21ClN2O4. The average molecular weight is 389 g/mol. The summed E-state index contributed by atoms with van der Waals surface area (Å²) in [5.41, 5.74) is 2.36. The van der Waals surface area contributed by atoms with E-state index >= 15 is 0 Å². The van der Waals surface area contributed by atoms with Gasteiger partial charge in [0.05, 0.1) is 30.9 Å². The topological polar surface area (TPSA) is 71.8 Å². The van der Waals surface area contributed by atoms with Crippen LogP contribution in [-0.2, 0) is 11.3 Å². The van der Waals surface area contributed by atoms with Gasteiger partial charge in [-0.1, -0.05) is 11.6 Å². The lowest BCUT2D eigenvalue weighted by Crippen LogP contribution is -2.31. The minimum atomic E-state index is -0.204. The molecule has 2 rings (SSSR count). The summed E-state index contributed by atoms with van der Waals surface area (Å²) in [6.07, 6.45) is 0. The smallest absolute Gasteiger partial charge is 0.260 e. The summed E-state index contributed by atoms with van der Waals surface area (Å²) < 4.78 is 16.1. The number of halogens is 1. The second kappa shape index (κ2) is 9.15. The molecule has 0 atom stereocenters. The van der Waals surface area contributed by atoms with Gasteiger partial charge in [0.15, 0.2) is 18.1 Å². The highest BCUT2D eigenvalue weighted by Gasteiger charge is 2.15. The van der Waals surface area contributed by atoms with Crippen LogP contribution in [0.1, 0.15) is 16.7 Å². The van der Waals surface area contributed by atoms with E-state index in [9.17, 15) is 4.79 Å². The number of aryl methyl sites for hydroxylation is 1. The quantitative estimate of drug-likeness (QED) is 0.725. The van der Waals surface area contributed by atoms with Crippen molar-refractivity contribution in [2.24, 2.45) is 0 Å². The molecule has 2 aromatic rings. The zero-order chi connectivity index (χ0) is 20.0. The van der Waals surface area contributed by atoms with E-state index in [1.807, 2.05) is 25.1 Å². The van der Waals surface area contributed by atoms with Crippen LogP contribution in [0.4, 0.5) is 0 Å². The summed E-state index contributed by atoms with van der Waals surface area (Å²) in [6, 6.07) is 10.4. The molecule has 0 saturated heterocycles. The number of nitriles is 1. The molecule has 6 nitrogen and oxygen atoms in total. The van der Waals surface area contributed by atoms with Crippen LogP contribution < -0.4 is 14.2 Å². The van der Waals surface area contributed by atoms with E-state index in [0.717, 1.165) is 11.1 Å². The van der Waals surface area contributed by atoms with E-state index in [-0.39, 0.29) is 12.5 Å². The maximum absolute atomic E-state index is 12.4. The largest absolute Gasteiger partial charge is 0.493 e. The first-order valence-corrected chi connectivity index (χ1v) is 8.55. The summed E-state index contributed by atoms with van der Waals surface area (Å²) in [7, 11) is 4.85. The third kappa shape index (κ3) is 5.05. The fourth-order valence-electron chi connectivity index (χ4n) is 2.47. The van der Waals surface area contributed by atoms with Gasteiger partial charge in [-0.3, -0.25) is 4.79 Å². The number of benzene rings is 2. The predicted octanol–water partition coefficient (Wildman–Crippen LogP) is 3.57. The van der Waals surface area contributed by atoms with Gasteiger partial charge in [0.25, 0.3) is 5.91 Å². The Hall–Kier alpha value is -2.91. The SMILES string of the molecule is COc1cc(C)c(CN(C)C(=O)COc2ccc(C#N)cc2Cl)cc1OC. The molecule has 0 N–H and O–H groups in total. The molecule has 0 aromatic heterocycles. The molecule has 0 aliphatic carbocycles. The molecule has 0 aliphatic rings. The van der Waals surface area contributed by atoms with Crippen molar-refractivity contribution in [2.75, 3.05) is 27.9 Å². The van der Waals surface area contributed by atoms with Gasteiger partial charge in [-0.15, -0.1) is 0 Å². The molecule has 1 amide bonds. The van der Waals surface area contributed by atoms with Crippen LogP contribution in [0.5, 0.6) is 17.2 Å². The molecule has 0 saturated carbocycles. The van der Waals surface area contributed by atoms with Gasteiger partial charge in [0.2, 0.25) is 0 Å².